The first kappa shape index (κ1) is 242. The van der Waals surface area contributed by atoms with Gasteiger partial charge < -0.3 is 21.9 Å². The minimum absolute atomic E-state index is 0. The van der Waals surface area contributed by atoms with Crippen LogP contribution in [0.5, 0.6) is 0 Å². The third-order valence-corrected chi connectivity index (χ3v) is 0. The summed E-state index contributed by atoms with van der Waals surface area (Å²) in [6.45, 7) is 0. The van der Waals surface area contributed by atoms with Crippen molar-refractivity contribution in [1.82, 2.24) is 0 Å². The predicted octanol–water partition coefficient (Wildman–Crippen LogP) is -0.987. The van der Waals surface area contributed by atoms with Gasteiger partial charge in [0, 0.05) is 0 Å². The SMILES string of the molecule is Br.Br.Br.Br.O.O.O.O. The molecule has 8 heavy (non-hydrogen) atoms. The Kier molecular flexibility index (Phi) is 5150. The van der Waals surface area contributed by atoms with Crippen molar-refractivity contribution in [2.75, 3.05) is 0 Å². The Bertz CT molecular complexity index is 8.00. The van der Waals surface area contributed by atoms with Crippen LogP contribution in [0.15, 0.2) is 0 Å². The molecule has 0 aliphatic rings. The van der Waals surface area contributed by atoms with Gasteiger partial charge >= 0.3 is 0 Å². The van der Waals surface area contributed by atoms with Crippen LogP contribution in [0.2, 0.25) is 0 Å². The van der Waals surface area contributed by atoms with Crippen LogP contribution in [0.25, 0.3) is 0 Å². The topological polar surface area (TPSA) is 126 Å². The van der Waals surface area contributed by atoms with E-state index in [0.717, 1.165) is 0 Å². The van der Waals surface area contributed by atoms with E-state index < -0.39 is 0 Å². The molecule has 0 aromatic heterocycles. The average Bonchev–Trinajstić information content (AvgIpc) is 0. The maximum atomic E-state index is 0. The van der Waals surface area contributed by atoms with Crippen LogP contribution >= 0.6 is 67.9 Å². The number of hydrogen-bond acceptors (Lipinski definition) is 0. The maximum Gasteiger partial charge on any atom is -0.114 e. The van der Waals surface area contributed by atoms with Gasteiger partial charge in [-0.25, -0.2) is 0 Å². The van der Waals surface area contributed by atoms with Gasteiger partial charge in [-0.2, -0.15) is 0 Å². The van der Waals surface area contributed by atoms with Crippen molar-refractivity contribution in [3.8, 4) is 0 Å². The molecule has 0 bridgehead atoms. The van der Waals surface area contributed by atoms with Gasteiger partial charge in [-0.05, 0) is 0 Å². The van der Waals surface area contributed by atoms with Crippen molar-refractivity contribution in [3.63, 3.8) is 0 Å². The van der Waals surface area contributed by atoms with Gasteiger partial charge in [0.15, 0.2) is 0 Å². The molecule has 8 N–H and O–H groups in total. The van der Waals surface area contributed by atoms with E-state index >= 15 is 0 Å². The largest absolute Gasteiger partial charge is 0.412 e. The summed E-state index contributed by atoms with van der Waals surface area (Å²) in [6.07, 6.45) is 0. The summed E-state index contributed by atoms with van der Waals surface area (Å²) in [7, 11) is 0. The third kappa shape index (κ3) is 114. The van der Waals surface area contributed by atoms with Crippen molar-refractivity contribution in [2.24, 2.45) is 0 Å². The van der Waals surface area contributed by atoms with Crippen LogP contribution < -0.4 is 0 Å². The summed E-state index contributed by atoms with van der Waals surface area (Å²) < 4.78 is 0. The summed E-state index contributed by atoms with van der Waals surface area (Å²) in [5.41, 5.74) is 0. The van der Waals surface area contributed by atoms with Crippen molar-refractivity contribution < 1.29 is 21.9 Å². The quantitative estimate of drug-likeness (QED) is 0.499. The molecule has 0 aliphatic carbocycles. The molecule has 0 saturated heterocycles. The van der Waals surface area contributed by atoms with Gasteiger partial charge in [0.1, 0.15) is 0 Å². The molecule has 0 saturated carbocycles. The van der Waals surface area contributed by atoms with E-state index in [2.05, 4.69) is 0 Å². The van der Waals surface area contributed by atoms with Gasteiger partial charge in [0.05, 0.1) is 0 Å². The molecule has 0 amide bonds. The van der Waals surface area contributed by atoms with Crippen LogP contribution in [0.4, 0.5) is 0 Å². The summed E-state index contributed by atoms with van der Waals surface area (Å²) in [5, 5.41) is 0. The van der Waals surface area contributed by atoms with E-state index in [4.69, 9.17) is 0 Å². The Morgan fingerprint density at radius 2 is 0.250 bits per heavy atom. The normalized spacial score (nSPS) is 0. The molecule has 0 radical (unpaired) electrons. The molecule has 0 aliphatic heterocycles. The van der Waals surface area contributed by atoms with Crippen LogP contribution in [0.3, 0.4) is 0 Å². The predicted molar refractivity (Wildman–Crippen MR) is 55.7 cm³/mol. The minimum Gasteiger partial charge on any atom is -0.412 e. The third-order valence-electron chi connectivity index (χ3n) is 0. The second kappa shape index (κ2) is 170. The Hall–Kier alpha value is 1.76. The fourth-order valence-electron chi connectivity index (χ4n) is 0. The van der Waals surface area contributed by atoms with Gasteiger partial charge in [-0.1, -0.05) is 0 Å². The van der Waals surface area contributed by atoms with Crippen molar-refractivity contribution in [2.45, 2.75) is 0 Å². The molecule has 0 rings (SSSR count). The lowest BCUT2D eigenvalue weighted by Gasteiger charge is -0.413. The Morgan fingerprint density at radius 1 is 0.250 bits per heavy atom. The fourth-order valence-corrected chi connectivity index (χ4v) is 0. The van der Waals surface area contributed by atoms with Gasteiger partial charge in [-0.15, -0.1) is 67.9 Å². The maximum absolute atomic E-state index is 0. The Balaban J connectivity index is 0. The van der Waals surface area contributed by atoms with Crippen molar-refractivity contribution in [1.29, 1.82) is 0 Å². The Labute approximate surface area is 89.3 Å². The van der Waals surface area contributed by atoms with E-state index in [1.54, 1.807) is 0 Å². The first-order valence-corrected chi connectivity index (χ1v) is 0. The van der Waals surface area contributed by atoms with E-state index in [-0.39, 0.29) is 89.8 Å². The standard InChI is InChI=1S/4BrH.4H2O/h4*1H;4*1H2. The lowest BCUT2D eigenvalue weighted by atomic mass is 16.0. The van der Waals surface area contributed by atoms with Gasteiger partial charge in [0.2, 0.25) is 0 Å². The molecule has 64 valence electrons. The molecular formula is H12Br4O4. The highest BCUT2D eigenvalue weighted by molar-refractivity contribution is 8.93. The molecule has 0 fully saturated rings. The highest BCUT2D eigenvalue weighted by Crippen LogP contribution is 0.849. The van der Waals surface area contributed by atoms with Crippen molar-refractivity contribution >= 4 is 67.9 Å². The molecule has 4 nitrogen and oxygen atoms in total. The first-order chi connectivity index (χ1) is 0. The monoisotopic (exact) mass is 392 g/mol. The second-order valence-corrected chi connectivity index (χ2v) is 0. The summed E-state index contributed by atoms with van der Waals surface area (Å²) in [5.74, 6) is 0. The zero-order valence-corrected chi connectivity index (χ0v) is 10.5. The van der Waals surface area contributed by atoms with Crippen molar-refractivity contribution in [3.05, 3.63) is 0 Å². The van der Waals surface area contributed by atoms with Gasteiger partial charge in [0.25, 0.3) is 0 Å². The fraction of sp³-hybridized carbons (Fsp3) is 0. The second-order valence-electron chi connectivity index (χ2n) is 0. The Morgan fingerprint density at radius 3 is 0.250 bits per heavy atom. The summed E-state index contributed by atoms with van der Waals surface area (Å²) in [6, 6.07) is 0. The summed E-state index contributed by atoms with van der Waals surface area (Å²) in [4.78, 5) is 0. The molecule has 0 unspecified atom stereocenters. The van der Waals surface area contributed by atoms with E-state index in [1.807, 2.05) is 0 Å². The van der Waals surface area contributed by atoms with E-state index in [0.29, 0.717) is 0 Å². The molecule has 0 aromatic carbocycles. The lowest BCUT2D eigenvalue weighted by Crippen LogP contribution is -0.290. The lowest BCUT2D eigenvalue weighted by molar-refractivity contribution is 0.823. The van der Waals surface area contributed by atoms with E-state index in [1.165, 1.54) is 0 Å². The van der Waals surface area contributed by atoms with Crippen LogP contribution in [0.1, 0.15) is 0 Å². The first-order valence-electron chi connectivity index (χ1n) is 0. The van der Waals surface area contributed by atoms with Crippen LogP contribution in [-0.2, 0) is 0 Å². The zero-order chi connectivity index (χ0) is 0. The minimum atomic E-state index is 0. The van der Waals surface area contributed by atoms with Crippen LogP contribution in [0, 0.1) is 0 Å². The van der Waals surface area contributed by atoms with Gasteiger partial charge in [-0.3, -0.25) is 0 Å². The number of hydrogen-bond donors (Lipinski definition) is 0. The highest BCUT2D eigenvalue weighted by atomic mass is 79.9. The average molecular weight is 396 g/mol. The molecule has 0 spiro atoms. The molecule has 8 heteroatoms. The molecule has 0 atom stereocenters. The highest BCUT2D eigenvalue weighted by Gasteiger charge is -0.111. The molecule has 0 aromatic rings. The smallest absolute Gasteiger partial charge is 0.114 e. The van der Waals surface area contributed by atoms with Crippen LogP contribution in [-0.4, -0.2) is 21.9 Å². The van der Waals surface area contributed by atoms with E-state index in [9.17, 15) is 0 Å². The molecule has 0 heterocycles. The summed E-state index contributed by atoms with van der Waals surface area (Å²) >= 11 is 0. The molecular weight excluding hydrogens is 384 g/mol. The number of halogens is 4. The zero-order valence-electron chi connectivity index (χ0n) is 3.63. The number of rotatable bonds is 0.